The van der Waals surface area contributed by atoms with E-state index in [-0.39, 0.29) is 10.6 Å². The maximum absolute atomic E-state index is 10.8. The monoisotopic (exact) mass is 303 g/mol. The molecular formula is C18H13N3O2. The number of rotatable bonds is 2. The third kappa shape index (κ3) is 2.23. The molecule has 0 amide bonds. The first kappa shape index (κ1) is 13.5. The molecule has 2 aromatic carbocycles. The molecule has 0 spiro atoms. The highest BCUT2D eigenvalue weighted by atomic mass is 16.6. The molecular weight excluding hydrogens is 290 g/mol. The first-order chi connectivity index (χ1) is 11.2. The van der Waals surface area contributed by atoms with Crippen molar-refractivity contribution in [2.24, 2.45) is 0 Å². The van der Waals surface area contributed by atoms with E-state index >= 15 is 0 Å². The van der Waals surface area contributed by atoms with Crippen molar-refractivity contribution >= 4 is 22.4 Å². The van der Waals surface area contributed by atoms with Gasteiger partial charge in [0.2, 0.25) is 0 Å². The fourth-order valence-corrected chi connectivity index (χ4v) is 2.87. The van der Waals surface area contributed by atoms with Gasteiger partial charge in [-0.15, -0.1) is 0 Å². The zero-order chi connectivity index (χ0) is 15.8. The summed E-state index contributed by atoms with van der Waals surface area (Å²) in [6.07, 6.45) is 6.84. The molecule has 0 fully saturated rings. The molecule has 0 saturated carbocycles. The second kappa shape index (κ2) is 5.21. The van der Waals surface area contributed by atoms with E-state index in [4.69, 9.17) is 4.98 Å². The van der Waals surface area contributed by atoms with E-state index in [1.54, 1.807) is 12.1 Å². The van der Waals surface area contributed by atoms with Crippen LogP contribution in [0, 0.1) is 10.1 Å². The van der Waals surface area contributed by atoms with Crippen molar-refractivity contribution in [3.63, 3.8) is 0 Å². The van der Waals surface area contributed by atoms with Crippen molar-refractivity contribution < 1.29 is 4.92 Å². The lowest BCUT2D eigenvalue weighted by Crippen LogP contribution is -2.03. The Hall–Kier alpha value is -3.21. The average molecular weight is 303 g/mol. The van der Waals surface area contributed by atoms with Crippen LogP contribution in [0.15, 0.2) is 66.8 Å². The Morgan fingerprint density at radius 2 is 1.87 bits per heavy atom. The number of hydrogen-bond acceptors (Lipinski definition) is 3. The van der Waals surface area contributed by atoms with Crippen LogP contribution in [-0.4, -0.2) is 14.5 Å². The molecule has 0 unspecified atom stereocenters. The van der Waals surface area contributed by atoms with Crippen molar-refractivity contribution in [3.8, 4) is 0 Å². The number of hydrogen-bond donors (Lipinski definition) is 0. The van der Waals surface area contributed by atoms with Crippen LogP contribution in [-0.2, 0) is 6.42 Å². The predicted molar refractivity (Wildman–Crippen MR) is 89.0 cm³/mol. The number of benzene rings is 2. The van der Waals surface area contributed by atoms with Gasteiger partial charge in [0, 0.05) is 18.6 Å². The Labute approximate surface area is 132 Å². The van der Waals surface area contributed by atoms with E-state index in [2.05, 4.69) is 10.6 Å². The normalized spacial score (nSPS) is 13.5. The lowest BCUT2D eigenvalue weighted by Gasteiger charge is -2.12. The van der Waals surface area contributed by atoms with E-state index in [9.17, 15) is 10.1 Å². The first-order valence-corrected chi connectivity index (χ1v) is 7.32. The van der Waals surface area contributed by atoms with Crippen LogP contribution in [0.25, 0.3) is 16.7 Å². The lowest BCUT2D eigenvalue weighted by molar-refractivity contribution is -0.384. The minimum Gasteiger partial charge on any atom is -0.295 e. The van der Waals surface area contributed by atoms with Gasteiger partial charge in [-0.3, -0.25) is 14.7 Å². The van der Waals surface area contributed by atoms with Gasteiger partial charge in [0.15, 0.2) is 0 Å². The van der Waals surface area contributed by atoms with Gasteiger partial charge < -0.3 is 0 Å². The first-order valence-electron chi connectivity index (χ1n) is 7.32. The SMILES string of the molecule is O=[N+]([O-])c1ccc(C2=CC=CCc3nc4ccccc4n32)cc1. The molecule has 4 rings (SSSR count). The second-order valence-electron chi connectivity index (χ2n) is 5.34. The number of nitrogens with zero attached hydrogens (tertiary/aromatic N) is 3. The van der Waals surface area contributed by atoms with Gasteiger partial charge in [-0.1, -0.05) is 24.3 Å². The van der Waals surface area contributed by atoms with Crippen LogP contribution in [0.4, 0.5) is 5.69 Å². The van der Waals surface area contributed by atoms with Crippen molar-refractivity contribution in [2.45, 2.75) is 6.42 Å². The summed E-state index contributed by atoms with van der Waals surface area (Å²) >= 11 is 0. The van der Waals surface area contributed by atoms with Crippen molar-refractivity contribution in [1.82, 2.24) is 9.55 Å². The van der Waals surface area contributed by atoms with Gasteiger partial charge in [0.05, 0.1) is 21.7 Å². The molecule has 3 aromatic rings. The smallest absolute Gasteiger partial charge is 0.269 e. The summed E-state index contributed by atoms with van der Waals surface area (Å²) in [4.78, 5) is 15.2. The quantitative estimate of drug-likeness (QED) is 0.532. The summed E-state index contributed by atoms with van der Waals surface area (Å²) in [5.74, 6) is 0.963. The molecule has 1 aromatic heterocycles. The highest BCUT2D eigenvalue weighted by molar-refractivity contribution is 5.84. The summed E-state index contributed by atoms with van der Waals surface area (Å²) in [5, 5.41) is 10.8. The molecule has 0 saturated heterocycles. The van der Waals surface area contributed by atoms with Crippen LogP contribution < -0.4 is 0 Å². The standard InChI is InChI=1S/C18H13N3O2/c22-21(23)14-11-9-13(10-12-14)16-6-3-4-8-18-19-15-5-1-2-7-17(15)20(16)18/h1-7,9-12H,8H2. The predicted octanol–water partition coefficient (Wildman–Crippen LogP) is 3.95. The Bertz CT molecular complexity index is 966. The summed E-state index contributed by atoms with van der Waals surface area (Å²) in [6.45, 7) is 0. The van der Waals surface area contributed by atoms with E-state index in [1.807, 2.05) is 36.4 Å². The Kier molecular flexibility index (Phi) is 3.05. The summed E-state index contributed by atoms with van der Waals surface area (Å²) in [7, 11) is 0. The molecule has 112 valence electrons. The summed E-state index contributed by atoms with van der Waals surface area (Å²) < 4.78 is 2.12. The third-order valence-electron chi connectivity index (χ3n) is 3.94. The van der Waals surface area contributed by atoms with Crippen LogP contribution in [0.5, 0.6) is 0 Å². The molecule has 1 aliphatic rings. The van der Waals surface area contributed by atoms with Gasteiger partial charge in [0.1, 0.15) is 5.82 Å². The number of nitro benzene ring substituents is 1. The minimum atomic E-state index is -0.386. The van der Waals surface area contributed by atoms with Crippen molar-refractivity contribution in [1.29, 1.82) is 0 Å². The lowest BCUT2D eigenvalue weighted by atomic mass is 10.1. The Balaban J connectivity index is 1.91. The molecule has 5 heteroatoms. The zero-order valence-corrected chi connectivity index (χ0v) is 12.2. The van der Waals surface area contributed by atoms with E-state index in [1.165, 1.54) is 12.1 Å². The fraction of sp³-hybridized carbons (Fsp3) is 0.0556. The molecule has 2 heterocycles. The molecule has 0 aliphatic carbocycles. The van der Waals surface area contributed by atoms with Gasteiger partial charge in [-0.05, 0) is 35.9 Å². The van der Waals surface area contributed by atoms with Crippen molar-refractivity contribution in [3.05, 3.63) is 88.3 Å². The summed E-state index contributed by atoms with van der Waals surface area (Å²) in [6, 6.07) is 14.6. The van der Waals surface area contributed by atoms with Crippen molar-refractivity contribution in [2.75, 3.05) is 0 Å². The van der Waals surface area contributed by atoms with E-state index in [0.717, 1.165) is 34.5 Å². The second-order valence-corrected chi connectivity index (χ2v) is 5.34. The van der Waals surface area contributed by atoms with Crippen LogP contribution >= 0.6 is 0 Å². The number of nitro groups is 1. The molecule has 0 atom stereocenters. The topological polar surface area (TPSA) is 61.0 Å². The van der Waals surface area contributed by atoms with Gasteiger partial charge in [-0.25, -0.2) is 4.98 Å². The highest BCUT2D eigenvalue weighted by Gasteiger charge is 2.16. The maximum atomic E-state index is 10.8. The van der Waals surface area contributed by atoms with Gasteiger partial charge in [0.25, 0.3) is 5.69 Å². The highest BCUT2D eigenvalue weighted by Crippen LogP contribution is 2.28. The minimum absolute atomic E-state index is 0.0919. The number of fused-ring (bicyclic) bond motifs is 3. The van der Waals surface area contributed by atoms with Crippen LogP contribution in [0.3, 0.4) is 0 Å². The maximum Gasteiger partial charge on any atom is 0.269 e. The van der Waals surface area contributed by atoms with Gasteiger partial charge in [-0.2, -0.15) is 0 Å². The molecule has 0 radical (unpaired) electrons. The molecule has 0 N–H and O–H groups in total. The van der Waals surface area contributed by atoms with Gasteiger partial charge >= 0.3 is 0 Å². The summed E-state index contributed by atoms with van der Waals surface area (Å²) in [5.41, 5.74) is 3.97. The number of para-hydroxylation sites is 2. The molecule has 5 nitrogen and oxygen atoms in total. The third-order valence-corrected chi connectivity index (χ3v) is 3.94. The van der Waals surface area contributed by atoms with E-state index < -0.39 is 0 Å². The fourth-order valence-electron chi connectivity index (χ4n) is 2.87. The molecule has 0 bridgehead atoms. The average Bonchev–Trinajstić information content (AvgIpc) is 2.80. The number of allylic oxidation sites excluding steroid dienone is 3. The van der Waals surface area contributed by atoms with Crippen LogP contribution in [0.2, 0.25) is 0 Å². The Morgan fingerprint density at radius 1 is 1.09 bits per heavy atom. The number of imidazole rings is 1. The van der Waals surface area contributed by atoms with E-state index in [0.29, 0.717) is 0 Å². The Morgan fingerprint density at radius 3 is 2.65 bits per heavy atom. The number of aromatic nitrogens is 2. The molecule has 1 aliphatic heterocycles. The zero-order valence-electron chi connectivity index (χ0n) is 12.2. The largest absolute Gasteiger partial charge is 0.295 e. The van der Waals surface area contributed by atoms with Crippen LogP contribution in [0.1, 0.15) is 11.4 Å². The number of non-ortho nitro benzene ring substituents is 1. The molecule has 23 heavy (non-hydrogen) atoms.